The van der Waals surface area contributed by atoms with E-state index >= 15 is 0 Å². The smallest absolute Gasteiger partial charge is 0.422 e. The highest BCUT2D eigenvalue weighted by molar-refractivity contribution is 14.1. The molecule has 2 amide bonds. The van der Waals surface area contributed by atoms with Gasteiger partial charge in [-0.05, 0) is 52.4 Å². The molecule has 0 radical (unpaired) electrons. The molecule has 2 aromatic carbocycles. The number of anilines is 1. The van der Waals surface area contributed by atoms with Gasteiger partial charge in [0, 0.05) is 9.99 Å². The van der Waals surface area contributed by atoms with Crippen molar-refractivity contribution in [2.24, 2.45) is 0 Å². The molecule has 3 rings (SSSR count). The van der Waals surface area contributed by atoms with Crippen molar-refractivity contribution >= 4 is 40.3 Å². The summed E-state index contributed by atoms with van der Waals surface area (Å²) in [5.41, 5.74) is 1.51. The topological polar surface area (TPSA) is 46.6 Å². The van der Waals surface area contributed by atoms with E-state index in [9.17, 15) is 9.59 Å². The SMILES string of the molecule is O=C1O[C@@H](Cc2ccccc2)C(=O)N1c1ccc(I)cc1. The van der Waals surface area contributed by atoms with Crippen LogP contribution in [0.2, 0.25) is 0 Å². The first-order valence-corrected chi connectivity index (χ1v) is 7.57. The van der Waals surface area contributed by atoms with Crippen molar-refractivity contribution in [2.45, 2.75) is 12.5 Å². The fraction of sp³-hybridized carbons (Fsp3) is 0.125. The molecule has 0 unspecified atom stereocenters. The Morgan fingerprint density at radius 1 is 1.00 bits per heavy atom. The molecule has 0 saturated carbocycles. The molecule has 2 aromatic rings. The lowest BCUT2D eigenvalue weighted by Gasteiger charge is -2.11. The van der Waals surface area contributed by atoms with E-state index in [1.54, 1.807) is 12.1 Å². The molecule has 0 aliphatic carbocycles. The highest BCUT2D eigenvalue weighted by Crippen LogP contribution is 2.25. The first-order valence-electron chi connectivity index (χ1n) is 6.49. The Kier molecular flexibility index (Phi) is 3.92. The normalized spacial score (nSPS) is 18.0. The lowest BCUT2D eigenvalue weighted by Crippen LogP contribution is -2.32. The van der Waals surface area contributed by atoms with Gasteiger partial charge in [-0.1, -0.05) is 30.3 Å². The van der Waals surface area contributed by atoms with Gasteiger partial charge in [-0.15, -0.1) is 0 Å². The molecule has 4 nitrogen and oxygen atoms in total. The van der Waals surface area contributed by atoms with Crippen molar-refractivity contribution in [3.8, 4) is 0 Å². The monoisotopic (exact) mass is 393 g/mol. The number of rotatable bonds is 3. The van der Waals surface area contributed by atoms with Crippen molar-refractivity contribution in [3.63, 3.8) is 0 Å². The minimum absolute atomic E-state index is 0.315. The van der Waals surface area contributed by atoms with Gasteiger partial charge in [0.2, 0.25) is 0 Å². The van der Waals surface area contributed by atoms with Gasteiger partial charge in [0.1, 0.15) is 0 Å². The summed E-state index contributed by atoms with van der Waals surface area (Å²) in [6, 6.07) is 16.7. The van der Waals surface area contributed by atoms with Gasteiger partial charge in [0.25, 0.3) is 5.91 Å². The van der Waals surface area contributed by atoms with Gasteiger partial charge in [-0.3, -0.25) is 4.79 Å². The fourth-order valence-corrected chi connectivity index (χ4v) is 2.60. The van der Waals surface area contributed by atoms with E-state index < -0.39 is 12.2 Å². The number of carbonyl (C=O) groups is 2. The lowest BCUT2D eigenvalue weighted by molar-refractivity contribution is -0.121. The summed E-state index contributed by atoms with van der Waals surface area (Å²) in [6.45, 7) is 0. The average Bonchev–Trinajstić information content (AvgIpc) is 2.76. The third kappa shape index (κ3) is 2.92. The second-order valence-electron chi connectivity index (χ2n) is 4.71. The number of hydrogen-bond acceptors (Lipinski definition) is 3. The van der Waals surface area contributed by atoms with Crippen molar-refractivity contribution < 1.29 is 14.3 Å². The van der Waals surface area contributed by atoms with Crippen molar-refractivity contribution in [1.29, 1.82) is 0 Å². The minimum atomic E-state index is -0.751. The van der Waals surface area contributed by atoms with E-state index in [2.05, 4.69) is 22.6 Å². The number of nitrogens with zero attached hydrogens (tertiary/aromatic N) is 1. The fourth-order valence-electron chi connectivity index (χ4n) is 2.24. The maximum absolute atomic E-state index is 12.4. The van der Waals surface area contributed by atoms with Crippen LogP contribution in [0, 0.1) is 3.57 Å². The predicted molar refractivity (Wildman–Crippen MR) is 87.1 cm³/mol. The lowest BCUT2D eigenvalue weighted by atomic mass is 10.1. The number of hydrogen-bond donors (Lipinski definition) is 0. The van der Waals surface area contributed by atoms with Gasteiger partial charge in [-0.25, -0.2) is 9.69 Å². The summed E-state index contributed by atoms with van der Waals surface area (Å²) in [5, 5.41) is 0. The van der Waals surface area contributed by atoms with Crippen LogP contribution >= 0.6 is 22.6 Å². The molecule has 0 N–H and O–H groups in total. The van der Waals surface area contributed by atoms with Crippen LogP contribution in [0.1, 0.15) is 5.56 Å². The van der Waals surface area contributed by atoms with Crippen LogP contribution in [-0.2, 0) is 16.0 Å². The number of imide groups is 1. The number of amides is 2. The molecule has 1 atom stereocenters. The maximum Gasteiger partial charge on any atom is 0.422 e. The maximum atomic E-state index is 12.4. The summed E-state index contributed by atoms with van der Waals surface area (Å²) in [4.78, 5) is 25.4. The predicted octanol–water partition coefficient (Wildman–Crippen LogP) is 3.39. The average molecular weight is 393 g/mol. The van der Waals surface area contributed by atoms with E-state index in [4.69, 9.17) is 4.74 Å². The Labute approximate surface area is 135 Å². The zero-order valence-electron chi connectivity index (χ0n) is 11.0. The molecule has 1 saturated heterocycles. The summed E-state index contributed by atoms with van der Waals surface area (Å²) in [7, 11) is 0. The van der Waals surface area contributed by atoms with Crippen LogP contribution in [0.15, 0.2) is 54.6 Å². The Balaban J connectivity index is 1.80. The molecule has 5 heteroatoms. The summed E-state index contributed by atoms with van der Waals surface area (Å²) in [6.07, 6.45) is -0.965. The van der Waals surface area contributed by atoms with E-state index in [1.165, 1.54) is 0 Å². The molecule has 1 heterocycles. The van der Waals surface area contributed by atoms with Gasteiger partial charge in [0.15, 0.2) is 6.10 Å². The molecule has 21 heavy (non-hydrogen) atoms. The van der Waals surface area contributed by atoms with Gasteiger partial charge < -0.3 is 4.74 Å². The van der Waals surface area contributed by atoms with E-state index in [1.807, 2.05) is 42.5 Å². The summed E-state index contributed by atoms with van der Waals surface area (Å²) >= 11 is 2.17. The molecule has 0 spiro atoms. The molecule has 0 bridgehead atoms. The van der Waals surface area contributed by atoms with E-state index in [-0.39, 0.29) is 5.91 Å². The second kappa shape index (κ2) is 5.85. The number of halogens is 1. The number of carbonyl (C=O) groups excluding carboxylic acids is 2. The van der Waals surface area contributed by atoms with Gasteiger partial charge in [0.05, 0.1) is 5.69 Å². The van der Waals surface area contributed by atoms with Crippen molar-refractivity contribution in [1.82, 2.24) is 0 Å². The van der Waals surface area contributed by atoms with Crippen LogP contribution in [0.25, 0.3) is 0 Å². The van der Waals surface area contributed by atoms with Crippen LogP contribution < -0.4 is 4.90 Å². The number of ether oxygens (including phenoxy) is 1. The molecular weight excluding hydrogens is 381 g/mol. The van der Waals surface area contributed by atoms with Crippen LogP contribution in [-0.4, -0.2) is 18.1 Å². The Hall–Kier alpha value is -1.89. The van der Waals surface area contributed by atoms with E-state index in [0.717, 1.165) is 14.0 Å². The Bertz CT molecular complexity index is 670. The summed E-state index contributed by atoms with van der Waals surface area (Å²) in [5.74, 6) is -0.315. The Morgan fingerprint density at radius 3 is 2.33 bits per heavy atom. The third-order valence-electron chi connectivity index (χ3n) is 3.27. The molecule has 1 fully saturated rings. The first-order chi connectivity index (χ1) is 10.1. The molecule has 1 aliphatic heterocycles. The second-order valence-corrected chi connectivity index (χ2v) is 5.96. The number of benzene rings is 2. The zero-order chi connectivity index (χ0) is 14.8. The van der Waals surface area contributed by atoms with Crippen molar-refractivity contribution in [3.05, 3.63) is 63.7 Å². The first kappa shape index (κ1) is 14.1. The largest absolute Gasteiger partial charge is 0.435 e. The van der Waals surface area contributed by atoms with Gasteiger partial charge in [-0.2, -0.15) is 0 Å². The molecule has 0 aromatic heterocycles. The van der Waals surface area contributed by atoms with Gasteiger partial charge >= 0.3 is 6.09 Å². The third-order valence-corrected chi connectivity index (χ3v) is 3.99. The molecule has 1 aliphatic rings. The molecule has 106 valence electrons. The Morgan fingerprint density at radius 2 is 1.67 bits per heavy atom. The zero-order valence-corrected chi connectivity index (χ0v) is 13.2. The van der Waals surface area contributed by atoms with Crippen LogP contribution in [0.5, 0.6) is 0 Å². The standard InChI is InChI=1S/C16H12INO3/c17-12-6-8-13(9-7-12)18-15(19)14(21-16(18)20)10-11-4-2-1-3-5-11/h1-9,14H,10H2/t14-/m0/s1. The van der Waals surface area contributed by atoms with Crippen LogP contribution in [0.3, 0.4) is 0 Å². The van der Waals surface area contributed by atoms with Crippen LogP contribution in [0.4, 0.5) is 10.5 Å². The van der Waals surface area contributed by atoms with Crippen molar-refractivity contribution in [2.75, 3.05) is 4.90 Å². The highest BCUT2D eigenvalue weighted by Gasteiger charge is 2.41. The summed E-state index contributed by atoms with van der Waals surface area (Å²) < 4.78 is 6.25. The molecular formula is C16H12INO3. The minimum Gasteiger partial charge on any atom is -0.435 e. The quantitative estimate of drug-likeness (QED) is 0.752. The highest BCUT2D eigenvalue weighted by atomic mass is 127. The number of cyclic esters (lactones) is 1. The van der Waals surface area contributed by atoms with E-state index in [0.29, 0.717) is 12.1 Å².